The van der Waals surface area contributed by atoms with Gasteiger partial charge in [0.2, 0.25) is 5.76 Å². The Kier molecular flexibility index (Phi) is 7.74. The highest BCUT2D eigenvalue weighted by Gasteiger charge is 2.34. The third-order valence-electron chi connectivity index (χ3n) is 4.95. The number of carbonyl (C=O) groups excluding carboxylic acids is 3. The molecule has 1 aliphatic rings. The largest absolute Gasteiger partial charge is 0.487 e. The normalized spacial score (nSPS) is 14.4. The topological polar surface area (TPSA) is 98.1 Å². The number of carbonyl (C=O) groups is 3. The molecule has 180 valence electrons. The predicted molar refractivity (Wildman–Crippen MR) is 140 cm³/mol. The number of benzene rings is 2. The predicted octanol–water partition coefficient (Wildman–Crippen LogP) is 5.09. The van der Waals surface area contributed by atoms with Crippen LogP contribution in [0.15, 0.2) is 58.6 Å². The molecule has 3 amide bonds. The van der Waals surface area contributed by atoms with Gasteiger partial charge in [-0.15, -0.1) is 0 Å². The number of esters is 1. The molecule has 0 spiro atoms. The lowest BCUT2D eigenvalue weighted by Crippen LogP contribution is -2.30. The van der Waals surface area contributed by atoms with Crippen LogP contribution in [0.2, 0.25) is 0 Å². The number of nitrogens with zero attached hydrogens (tertiary/aromatic N) is 1. The second-order valence-corrected chi connectivity index (χ2v) is 9.69. The Bertz CT molecular complexity index is 1310. The van der Waals surface area contributed by atoms with Gasteiger partial charge in [0, 0.05) is 0 Å². The fourth-order valence-corrected chi connectivity index (χ4v) is 5.38. The van der Waals surface area contributed by atoms with Crippen molar-refractivity contribution in [3.8, 4) is 5.75 Å². The summed E-state index contributed by atoms with van der Waals surface area (Å²) in [4.78, 5) is 37.7. The van der Waals surface area contributed by atoms with Crippen molar-refractivity contribution in [2.24, 2.45) is 0 Å². The van der Waals surface area contributed by atoms with Gasteiger partial charge in [0.1, 0.15) is 29.6 Å². The Morgan fingerprint density at radius 1 is 1.11 bits per heavy atom. The number of nitrogens with one attached hydrogen (secondary N) is 1. The lowest BCUT2D eigenvalue weighted by Gasteiger charge is -2.12. The molecule has 1 aliphatic heterocycles. The van der Waals surface area contributed by atoms with Gasteiger partial charge in [-0.25, -0.2) is 14.0 Å². The molecule has 1 aromatic heterocycles. The summed E-state index contributed by atoms with van der Waals surface area (Å²) in [6.45, 7) is 0.144. The number of rotatable bonds is 7. The Morgan fingerprint density at radius 3 is 2.46 bits per heavy atom. The third kappa shape index (κ3) is 5.83. The van der Waals surface area contributed by atoms with Gasteiger partial charge in [0.25, 0.3) is 5.91 Å². The van der Waals surface area contributed by atoms with Crippen LogP contribution in [-0.4, -0.2) is 29.9 Å². The van der Waals surface area contributed by atoms with E-state index in [1.165, 1.54) is 31.4 Å². The monoisotopic (exact) mass is 702 g/mol. The number of halogens is 3. The van der Waals surface area contributed by atoms with Gasteiger partial charge in [-0.05, 0) is 98.8 Å². The molecule has 11 heteroatoms. The zero-order chi connectivity index (χ0) is 25.1. The minimum atomic E-state index is -0.650. The highest BCUT2D eigenvalue weighted by molar-refractivity contribution is 14.1. The zero-order valence-electron chi connectivity index (χ0n) is 18.1. The summed E-state index contributed by atoms with van der Waals surface area (Å²) in [5, 5.41) is 2.57. The van der Waals surface area contributed by atoms with Crippen LogP contribution in [-0.2, 0) is 22.7 Å². The number of amides is 3. The number of urea groups is 1. The third-order valence-corrected chi connectivity index (χ3v) is 6.56. The molecule has 4 rings (SSSR count). The summed E-state index contributed by atoms with van der Waals surface area (Å²) in [5.41, 5.74) is 1.64. The molecule has 1 fully saturated rings. The summed E-state index contributed by atoms with van der Waals surface area (Å²) in [7, 11) is 1.23. The molecule has 8 nitrogen and oxygen atoms in total. The number of hydrogen-bond acceptors (Lipinski definition) is 6. The fraction of sp³-hybridized carbons (Fsp3) is 0.125. The molecule has 1 saturated heterocycles. The van der Waals surface area contributed by atoms with Crippen molar-refractivity contribution in [3.05, 3.63) is 89.8 Å². The van der Waals surface area contributed by atoms with Crippen molar-refractivity contribution >= 4 is 69.2 Å². The van der Waals surface area contributed by atoms with Gasteiger partial charge in [-0.3, -0.25) is 9.69 Å². The average Bonchev–Trinajstić information content (AvgIpc) is 3.39. The number of imide groups is 1. The molecule has 0 atom stereocenters. The van der Waals surface area contributed by atoms with Crippen molar-refractivity contribution in [1.82, 2.24) is 10.2 Å². The van der Waals surface area contributed by atoms with E-state index < -0.39 is 17.9 Å². The Hall–Kier alpha value is -2.94. The molecular formula is C24H17FI2N2O6. The highest BCUT2D eigenvalue weighted by Crippen LogP contribution is 2.31. The molecule has 2 aromatic carbocycles. The highest BCUT2D eigenvalue weighted by atomic mass is 127. The summed E-state index contributed by atoms with van der Waals surface area (Å²) in [6.07, 6.45) is 1.58. The van der Waals surface area contributed by atoms with E-state index in [1.807, 2.05) is 12.1 Å². The molecule has 0 unspecified atom stereocenters. The number of methoxy groups -OCH3 is 1. The van der Waals surface area contributed by atoms with Crippen molar-refractivity contribution in [2.75, 3.05) is 7.11 Å². The van der Waals surface area contributed by atoms with Crippen molar-refractivity contribution in [3.63, 3.8) is 0 Å². The van der Waals surface area contributed by atoms with Gasteiger partial charge >= 0.3 is 12.0 Å². The maximum absolute atomic E-state index is 13.1. The van der Waals surface area contributed by atoms with Crippen LogP contribution in [0.1, 0.15) is 27.4 Å². The van der Waals surface area contributed by atoms with Crippen LogP contribution in [0.25, 0.3) is 6.08 Å². The second kappa shape index (κ2) is 10.8. The van der Waals surface area contributed by atoms with Gasteiger partial charge in [-0.2, -0.15) is 0 Å². The van der Waals surface area contributed by atoms with Crippen LogP contribution >= 0.6 is 45.2 Å². The molecule has 0 aliphatic carbocycles. The van der Waals surface area contributed by atoms with Crippen LogP contribution in [0.3, 0.4) is 0 Å². The lowest BCUT2D eigenvalue weighted by molar-refractivity contribution is -0.123. The number of hydrogen-bond donors (Lipinski definition) is 1. The van der Waals surface area contributed by atoms with Crippen LogP contribution in [0, 0.1) is 13.0 Å². The maximum atomic E-state index is 13.1. The van der Waals surface area contributed by atoms with E-state index in [0.29, 0.717) is 11.3 Å². The lowest BCUT2D eigenvalue weighted by atomic mass is 10.2. The van der Waals surface area contributed by atoms with Gasteiger partial charge < -0.3 is 19.2 Å². The molecule has 35 heavy (non-hydrogen) atoms. The summed E-state index contributed by atoms with van der Waals surface area (Å²) >= 11 is 4.27. The van der Waals surface area contributed by atoms with Crippen molar-refractivity contribution < 1.29 is 32.7 Å². The Labute approximate surface area is 226 Å². The van der Waals surface area contributed by atoms with Gasteiger partial charge in [0.15, 0.2) is 0 Å². The van der Waals surface area contributed by atoms with Crippen LogP contribution in [0.4, 0.5) is 9.18 Å². The van der Waals surface area contributed by atoms with E-state index in [9.17, 15) is 18.8 Å². The SMILES string of the molecule is COC(=O)c1ccc(CN2C(=O)N/C(=C\c3cc(I)c(OCc4ccc(F)cc4)c(I)c3)C2=O)o1. The molecule has 2 heterocycles. The minimum absolute atomic E-state index is 0.0174. The zero-order valence-corrected chi connectivity index (χ0v) is 22.5. The van der Waals surface area contributed by atoms with E-state index in [-0.39, 0.29) is 36.2 Å². The smallest absolute Gasteiger partial charge is 0.373 e. The maximum Gasteiger partial charge on any atom is 0.373 e. The van der Waals surface area contributed by atoms with E-state index in [0.717, 1.165) is 17.6 Å². The molecule has 3 aromatic rings. The van der Waals surface area contributed by atoms with Gasteiger partial charge in [-0.1, -0.05) is 12.1 Å². The molecule has 0 radical (unpaired) electrons. The standard InChI is InChI=1S/C24H17FI2N2O6/c1-33-23(31)20-7-6-16(35-20)11-29-22(30)19(28-24(29)32)10-14-8-17(26)21(18(27)9-14)34-12-13-2-4-15(25)5-3-13/h2-10H,11-12H2,1H3,(H,28,32)/b19-10-. The van der Waals surface area contributed by atoms with E-state index in [4.69, 9.17) is 9.15 Å². The van der Waals surface area contributed by atoms with Crippen LogP contribution < -0.4 is 10.1 Å². The average molecular weight is 702 g/mol. The first kappa shape index (κ1) is 25.2. The van der Waals surface area contributed by atoms with Gasteiger partial charge in [0.05, 0.1) is 20.8 Å². The molecular weight excluding hydrogens is 685 g/mol. The Balaban J connectivity index is 1.47. The van der Waals surface area contributed by atoms with Crippen LogP contribution in [0.5, 0.6) is 5.75 Å². The summed E-state index contributed by atoms with van der Waals surface area (Å²) < 4.78 is 30.6. The fourth-order valence-electron chi connectivity index (χ4n) is 3.25. The van der Waals surface area contributed by atoms with E-state index in [2.05, 4.69) is 55.2 Å². The molecule has 0 bridgehead atoms. The molecule has 1 N–H and O–H groups in total. The van der Waals surface area contributed by atoms with Crippen molar-refractivity contribution in [2.45, 2.75) is 13.2 Å². The Morgan fingerprint density at radius 2 is 1.80 bits per heavy atom. The minimum Gasteiger partial charge on any atom is -0.487 e. The summed E-state index contributed by atoms with van der Waals surface area (Å²) in [6, 6.07) is 12.1. The van der Waals surface area contributed by atoms with Crippen molar-refractivity contribution in [1.29, 1.82) is 0 Å². The second-order valence-electron chi connectivity index (χ2n) is 7.37. The number of ether oxygens (including phenoxy) is 2. The number of furan rings is 1. The first-order chi connectivity index (χ1) is 16.7. The molecule has 0 saturated carbocycles. The first-order valence-electron chi connectivity index (χ1n) is 10.1. The van der Waals surface area contributed by atoms with E-state index in [1.54, 1.807) is 18.2 Å². The first-order valence-corrected chi connectivity index (χ1v) is 12.3. The summed E-state index contributed by atoms with van der Waals surface area (Å²) in [5.74, 6) is -0.563. The quantitative estimate of drug-likeness (QED) is 0.160. The van der Waals surface area contributed by atoms with E-state index >= 15 is 0 Å².